The van der Waals surface area contributed by atoms with Gasteiger partial charge in [0.05, 0.1) is 0 Å². The predicted molar refractivity (Wildman–Crippen MR) is 62.9 cm³/mol. The van der Waals surface area contributed by atoms with Gasteiger partial charge in [0, 0.05) is 25.1 Å². The minimum absolute atomic E-state index is 0.0958. The van der Waals surface area contributed by atoms with Crippen molar-refractivity contribution >= 4 is 5.97 Å². The molecule has 1 N–H and O–H groups in total. The summed E-state index contributed by atoms with van der Waals surface area (Å²) < 4.78 is 2.70. The van der Waals surface area contributed by atoms with Crippen molar-refractivity contribution in [1.29, 1.82) is 0 Å². The summed E-state index contributed by atoms with van der Waals surface area (Å²) >= 11 is 0. The molecule has 0 saturated heterocycles. The maximum atomic E-state index is 12.0. The highest BCUT2D eigenvalue weighted by Gasteiger charge is 2.11. The van der Waals surface area contributed by atoms with Crippen LogP contribution in [0.15, 0.2) is 29.5 Å². The number of hydrogen-bond donors (Lipinski definition) is 1. The molecule has 2 aromatic heterocycles. The van der Waals surface area contributed by atoms with Crippen molar-refractivity contribution in [3.05, 3.63) is 40.7 Å². The van der Waals surface area contributed by atoms with Crippen molar-refractivity contribution in [3.63, 3.8) is 0 Å². The summed E-state index contributed by atoms with van der Waals surface area (Å²) in [5.74, 6) is -1.04. The Morgan fingerprint density at radius 1 is 1.44 bits per heavy atom. The minimum atomic E-state index is -1.14. The lowest BCUT2D eigenvalue weighted by Gasteiger charge is -2.05. The van der Waals surface area contributed by atoms with Crippen LogP contribution in [0.2, 0.25) is 0 Å². The molecule has 0 atom stereocenters. The lowest BCUT2D eigenvalue weighted by Crippen LogP contribution is -2.25. The molecule has 7 nitrogen and oxygen atoms in total. The van der Waals surface area contributed by atoms with Gasteiger partial charge in [-0.2, -0.15) is 5.10 Å². The molecule has 0 amide bonds. The van der Waals surface area contributed by atoms with Crippen LogP contribution in [-0.4, -0.2) is 30.4 Å². The van der Waals surface area contributed by atoms with Gasteiger partial charge >= 0.3 is 5.97 Å². The fourth-order valence-electron chi connectivity index (χ4n) is 1.57. The van der Waals surface area contributed by atoms with Gasteiger partial charge in [-0.3, -0.25) is 4.79 Å². The van der Waals surface area contributed by atoms with Gasteiger partial charge in [0.2, 0.25) is 5.82 Å². The molecule has 2 rings (SSSR count). The molecule has 0 aliphatic rings. The zero-order valence-corrected chi connectivity index (χ0v) is 9.78. The zero-order valence-electron chi connectivity index (χ0n) is 9.78. The first-order valence-electron chi connectivity index (χ1n) is 5.48. The fourth-order valence-corrected chi connectivity index (χ4v) is 1.57. The second-order valence-electron chi connectivity index (χ2n) is 3.70. The van der Waals surface area contributed by atoms with E-state index >= 15 is 0 Å². The van der Waals surface area contributed by atoms with Crippen LogP contribution in [0.4, 0.5) is 0 Å². The molecule has 0 aromatic carbocycles. The summed E-state index contributed by atoms with van der Waals surface area (Å²) in [6.45, 7) is 2.55. The molecule has 0 saturated carbocycles. The van der Waals surface area contributed by atoms with Crippen molar-refractivity contribution in [3.8, 4) is 5.82 Å². The van der Waals surface area contributed by atoms with Crippen molar-refractivity contribution in [2.24, 2.45) is 0 Å². The van der Waals surface area contributed by atoms with Crippen molar-refractivity contribution in [2.75, 3.05) is 0 Å². The molecule has 94 valence electrons. The lowest BCUT2D eigenvalue weighted by atomic mass is 10.4. The van der Waals surface area contributed by atoms with E-state index in [1.807, 2.05) is 6.92 Å². The molecule has 0 radical (unpaired) electrons. The van der Waals surface area contributed by atoms with Crippen LogP contribution >= 0.6 is 0 Å². The Balaban J connectivity index is 2.47. The third kappa shape index (κ3) is 2.15. The normalized spacial score (nSPS) is 10.5. The first-order chi connectivity index (χ1) is 8.63. The van der Waals surface area contributed by atoms with E-state index in [9.17, 15) is 9.59 Å². The Hall–Kier alpha value is -2.44. The van der Waals surface area contributed by atoms with E-state index in [0.29, 0.717) is 6.54 Å². The summed E-state index contributed by atoms with van der Waals surface area (Å²) in [6, 6.07) is 1.32. The monoisotopic (exact) mass is 248 g/mol. The highest BCUT2D eigenvalue weighted by molar-refractivity contribution is 5.85. The first kappa shape index (κ1) is 12.0. The van der Waals surface area contributed by atoms with Crippen LogP contribution in [0.3, 0.4) is 0 Å². The fraction of sp³-hybridized carbons (Fsp3) is 0.273. The number of hydrogen-bond acceptors (Lipinski definition) is 4. The average molecular weight is 248 g/mol. The Labute approximate surface area is 102 Å². The SMILES string of the molecule is CCCn1ccnc(-n2ccc(C(=O)O)n2)c1=O. The van der Waals surface area contributed by atoms with E-state index in [1.165, 1.54) is 27.7 Å². The molecule has 18 heavy (non-hydrogen) atoms. The lowest BCUT2D eigenvalue weighted by molar-refractivity contribution is 0.0690. The van der Waals surface area contributed by atoms with Gasteiger partial charge in [-0.05, 0) is 12.5 Å². The Bertz CT molecular complexity index is 629. The third-order valence-corrected chi connectivity index (χ3v) is 2.39. The number of rotatable bonds is 4. The van der Waals surface area contributed by atoms with E-state index in [-0.39, 0.29) is 17.1 Å². The smallest absolute Gasteiger partial charge is 0.356 e. The molecule has 2 aromatic rings. The van der Waals surface area contributed by atoms with Gasteiger partial charge in [-0.25, -0.2) is 14.5 Å². The number of carboxylic acids is 1. The summed E-state index contributed by atoms with van der Waals surface area (Å²) in [6.07, 6.45) is 5.32. The molecule has 0 bridgehead atoms. The van der Waals surface area contributed by atoms with Crippen LogP contribution in [0, 0.1) is 0 Å². The van der Waals surface area contributed by atoms with Gasteiger partial charge < -0.3 is 9.67 Å². The maximum Gasteiger partial charge on any atom is 0.356 e. The topological polar surface area (TPSA) is 90.0 Å². The van der Waals surface area contributed by atoms with E-state index in [4.69, 9.17) is 5.11 Å². The second-order valence-corrected chi connectivity index (χ2v) is 3.70. The van der Waals surface area contributed by atoms with Crippen LogP contribution in [0.5, 0.6) is 0 Å². The molecule has 0 aliphatic carbocycles. The van der Waals surface area contributed by atoms with Gasteiger partial charge in [0.15, 0.2) is 5.69 Å². The largest absolute Gasteiger partial charge is 0.476 e. The summed E-state index contributed by atoms with van der Waals surface area (Å²) in [4.78, 5) is 26.7. The van der Waals surface area contributed by atoms with E-state index in [0.717, 1.165) is 6.42 Å². The van der Waals surface area contributed by atoms with E-state index in [1.54, 1.807) is 6.20 Å². The first-order valence-corrected chi connectivity index (χ1v) is 5.48. The summed E-state index contributed by atoms with van der Waals surface area (Å²) in [5, 5.41) is 12.6. The summed E-state index contributed by atoms with van der Waals surface area (Å²) in [7, 11) is 0. The Morgan fingerprint density at radius 3 is 2.83 bits per heavy atom. The van der Waals surface area contributed by atoms with Gasteiger partial charge in [0.1, 0.15) is 0 Å². The maximum absolute atomic E-state index is 12.0. The number of aromatic nitrogens is 4. The average Bonchev–Trinajstić information content (AvgIpc) is 2.81. The van der Waals surface area contributed by atoms with Crippen LogP contribution in [0.25, 0.3) is 5.82 Å². The highest BCUT2D eigenvalue weighted by Crippen LogP contribution is 2.00. The van der Waals surface area contributed by atoms with Crippen molar-refractivity contribution in [1.82, 2.24) is 19.3 Å². The number of carboxylic acid groups (broad SMARTS) is 1. The molecular formula is C11H12N4O3. The standard InChI is InChI=1S/C11H12N4O3/c1-2-5-14-7-4-12-9(10(14)16)15-6-3-8(13-15)11(17)18/h3-4,6-7H,2,5H2,1H3,(H,17,18). The third-order valence-electron chi connectivity index (χ3n) is 2.39. The van der Waals surface area contributed by atoms with Gasteiger partial charge in [-0.1, -0.05) is 6.92 Å². The predicted octanol–water partition coefficient (Wildman–Crippen LogP) is 0.537. The number of aryl methyl sites for hydroxylation is 1. The number of nitrogens with zero attached hydrogens (tertiary/aromatic N) is 4. The van der Waals surface area contributed by atoms with Crippen molar-refractivity contribution < 1.29 is 9.90 Å². The van der Waals surface area contributed by atoms with Crippen LogP contribution < -0.4 is 5.56 Å². The van der Waals surface area contributed by atoms with Crippen molar-refractivity contribution in [2.45, 2.75) is 19.9 Å². The zero-order chi connectivity index (χ0) is 13.1. The molecule has 0 spiro atoms. The Kier molecular flexibility index (Phi) is 3.22. The molecular weight excluding hydrogens is 236 g/mol. The van der Waals surface area contributed by atoms with Gasteiger partial charge in [-0.15, -0.1) is 0 Å². The molecule has 7 heteroatoms. The molecule has 2 heterocycles. The number of carbonyl (C=O) groups is 1. The van der Waals surface area contributed by atoms with Gasteiger partial charge in [0.25, 0.3) is 5.56 Å². The van der Waals surface area contributed by atoms with E-state index in [2.05, 4.69) is 10.1 Å². The second kappa shape index (κ2) is 4.82. The molecule has 0 unspecified atom stereocenters. The highest BCUT2D eigenvalue weighted by atomic mass is 16.4. The molecule has 0 fully saturated rings. The summed E-state index contributed by atoms with van der Waals surface area (Å²) in [5.41, 5.74) is -0.415. The van der Waals surface area contributed by atoms with E-state index < -0.39 is 5.97 Å². The van der Waals surface area contributed by atoms with Crippen LogP contribution in [0.1, 0.15) is 23.8 Å². The minimum Gasteiger partial charge on any atom is -0.476 e. The van der Waals surface area contributed by atoms with Crippen LogP contribution in [-0.2, 0) is 6.54 Å². The Morgan fingerprint density at radius 2 is 2.22 bits per heavy atom. The molecule has 0 aliphatic heterocycles. The quantitative estimate of drug-likeness (QED) is 0.852. The number of aromatic carboxylic acids is 1.